The van der Waals surface area contributed by atoms with E-state index in [0.717, 1.165) is 55.0 Å². The van der Waals surface area contributed by atoms with Gasteiger partial charge < -0.3 is 8.98 Å². The van der Waals surface area contributed by atoms with Crippen molar-refractivity contribution in [1.82, 2.24) is 29.1 Å². The highest BCUT2D eigenvalue weighted by molar-refractivity contribution is 6.23. The van der Waals surface area contributed by atoms with E-state index in [1.807, 2.05) is 60.7 Å². The van der Waals surface area contributed by atoms with Crippen LogP contribution in [0.1, 0.15) is 0 Å². The zero-order valence-electron chi connectivity index (χ0n) is 28.3. The highest BCUT2D eigenvalue weighted by Gasteiger charge is 2.24. The van der Waals surface area contributed by atoms with Crippen LogP contribution in [0.3, 0.4) is 0 Å². The van der Waals surface area contributed by atoms with Crippen LogP contribution in [0.15, 0.2) is 174 Å². The molecule has 11 aromatic rings. The Labute approximate surface area is 303 Å². The molecule has 7 heteroatoms. The van der Waals surface area contributed by atoms with E-state index in [9.17, 15) is 0 Å². The number of nitrogens with zero attached hydrogens (tertiary/aromatic N) is 6. The smallest absolute Gasteiger partial charge is 0.266 e. The minimum atomic E-state index is 0.338. The van der Waals surface area contributed by atoms with Crippen LogP contribution in [-0.4, -0.2) is 29.1 Å². The lowest BCUT2D eigenvalue weighted by molar-refractivity contribution is 0.612. The number of rotatable bonds is 5. The maximum Gasteiger partial charge on any atom is 0.266 e. The minimum absolute atomic E-state index is 0.338. The molecule has 248 valence electrons. The summed E-state index contributed by atoms with van der Waals surface area (Å²) in [6.45, 7) is 0. The first-order valence-electron chi connectivity index (χ1n) is 17.6. The summed E-state index contributed by atoms with van der Waals surface area (Å²) in [5, 5.41) is 4.51. The SMILES string of the molecule is c1ccc(-c2ccc(-n3c4ccccc4c4ccc5c6ccccc6n(-c6nc(-c7ccccc7)nc(-c7nc8ccccc8o7)n6)c5c43)cc2)cc1. The summed E-state index contributed by atoms with van der Waals surface area (Å²) in [7, 11) is 0. The highest BCUT2D eigenvalue weighted by Crippen LogP contribution is 2.41. The third kappa shape index (κ3) is 4.61. The number of para-hydroxylation sites is 4. The van der Waals surface area contributed by atoms with E-state index in [1.54, 1.807) is 0 Å². The van der Waals surface area contributed by atoms with E-state index in [1.165, 1.54) is 16.5 Å². The lowest BCUT2D eigenvalue weighted by Gasteiger charge is -2.13. The van der Waals surface area contributed by atoms with Gasteiger partial charge in [0.05, 0.1) is 22.1 Å². The molecule has 0 radical (unpaired) electrons. The fourth-order valence-electron chi connectivity index (χ4n) is 7.65. The van der Waals surface area contributed by atoms with E-state index in [4.69, 9.17) is 24.4 Å². The molecule has 4 heterocycles. The monoisotopic (exact) mass is 680 g/mol. The second-order valence-corrected chi connectivity index (χ2v) is 13.1. The van der Waals surface area contributed by atoms with Crippen molar-refractivity contribution in [3.8, 4) is 45.9 Å². The lowest BCUT2D eigenvalue weighted by atomic mass is 10.1. The van der Waals surface area contributed by atoms with E-state index in [-0.39, 0.29) is 0 Å². The highest BCUT2D eigenvalue weighted by atomic mass is 16.3. The standard InChI is InChI=1S/C46H28N6O/c1-3-13-29(14-4-1)30-23-25-32(26-24-30)51-38-20-10-7-17-33(38)35-27-28-36-34-18-8-11-21-39(34)52(42(36)41(35)51)46-49-43(31-15-5-2-6-16-31)48-44(50-46)45-47-37-19-9-12-22-40(37)53-45/h1-28H. The first-order chi connectivity index (χ1) is 26.3. The van der Waals surface area contributed by atoms with Gasteiger partial charge in [0, 0.05) is 32.8 Å². The summed E-state index contributed by atoms with van der Waals surface area (Å²) in [6, 6.07) is 58.5. The van der Waals surface area contributed by atoms with Crippen LogP contribution in [0.5, 0.6) is 0 Å². The molecule has 0 saturated heterocycles. The molecule has 7 nitrogen and oxygen atoms in total. The Morgan fingerprint density at radius 1 is 0.377 bits per heavy atom. The van der Waals surface area contributed by atoms with Gasteiger partial charge in [-0.15, -0.1) is 0 Å². The number of hydrogen-bond donors (Lipinski definition) is 0. The van der Waals surface area contributed by atoms with E-state index in [0.29, 0.717) is 29.1 Å². The van der Waals surface area contributed by atoms with Crippen LogP contribution < -0.4 is 0 Å². The number of hydrogen-bond acceptors (Lipinski definition) is 5. The van der Waals surface area contributed by atoms with Gasteiger partial charge in [0.15, 0.2) is 11.4 Å². The predicted molar refractivity (Wildman–Crippen MR) is 212 cm³/mol. The molecule has 7 aromatic carbocycles. The first-order valence-corrected chi connectivity index (χ1v) is 17.6. The van der Waals surface area contributed by atoms with Crippen LogP contribution in [0.4, 0.5) is 0 Å². The van der Waals surface area contributed by atoms with Gasteiger partial charge in [0.25, 0.3) is 5.89 Å². The lowest BCUT2D eigenvalue weighted by Crippen LogP contribution is -2.07. The predicted octanol–water partition coefficient (Wildman–Crippen LogP) is 11.2. The average molecular weight is 681 g/mol. The summed E-state index contributed by atoms with van der Waals surface area (Å²) in [5.41, 5.74) is 9.87. The van der Waals surface area contributed by atoms with Crippen LogP contribution in [0.2, 0.25) is 0 Å². The van der Waals surface area contributed by atoms with Crippen LogP contribution in [0.25, 0.3) is 101 Å². The van der Waals surface area contributed by atoms with Gasteiger partial charge in [-0.3, -0.25) is 4.57 Å². The maximum absolute atomic E-state index is 6.24. The largest absolute Gasteiger partial charge is 0.434 e. The molecule has 0 aliphatic carbocycles. The second-order valence-electron chi connectivity index (χ2n) is 13.1. The number of benzene rings is 7. The molecule has 4 aromatic heterocycles. The molecule has 0 saturated carbocycles. The van der Waals surface area contributed by atoms with Crippen molar-refractivity contribution in [1.29, 1.82) is 0 Å². The molecule has 0 aliphatic rings. The fourth-order valence-corrected chi connectivity index (χ4v) is 7.65. The van der Waals surface area contributed by atoms with Gasteiger partial charge >= 0.3 is 0 Å². The molecule has 0 fully saturated rings. The average Bonchev–Trinajstić information content (AvgIpc) is 3.92. The third-order valence-electron chi connectivity index (χ3n) is 10.0. The first kappa shape index (κ1) is 29.4. The molecule has 0 spiro atoms. The Morgan fingerprint density at radius 3 is 1.62 bits per heavy atom. The number of fused-ring (bicyclic) bond motifs is 8. The summed E-state index contributed by atoms with van der Waals surface area (Å²) >= 11 is 0. The molecular formula is C46H28N6O. The van der Waals surface area contributed by atoms with Gasteiger partial charge in [0.1, 0.15) is 5.52 Å². The van der Waals surface area contributed by atoms with Crippen molar-refractivity contribution in [3.05, 3.63) is 170 Å². The second kappa shape index (κ2) is 11.6. The van der Waals surface area contributed by atoms with Crippen LogP contribution in [-0.2, 0) is 0 Å². The van der Waals surface area contributed by atoms with Gasteiger partial charge in [-0.1, -0.05) is 133 Å². The topological polar surface area (TPSA) is 74.6 Å². The van der Waals surface area contributed by atoms with E-state index in [2.05, 4.69) is 118 Å². The molecule has 53 heavy (non-hydrogen) atoms. The summed E-state index contributed by atoms with van der Waals surface area (Å²) in [4.78, 5) is 20.1. The molecule has 0 bridgehead atoms. The van der Waals surface area contributed by atoms with Gasteiger partial charge in [-0.25, -0.2) is 9.97 Å². The number of aromatic nitrogens is 6. The van der Waals surface area contributed by atoms with Crippen LogP contribution in [0, 0.1) is 0 Å². The summed E-state index contributed by atoms with van der Waals surface area (Å²) in [5.74, 6) is 1.71. The molecule has 11 rings (SSSR count). The summed E-state index contributed by atoms with van der Waals surface area (Å²) in [6.07, 6.45) is 0. The Balaban J connectivity index is 1.25. The number of oxazole rings is 1. The van der Waals surface area contributed by atoms with Crippen LogP contribution >= 0.6 is 0 Å². The van der Waals surface area contributed by atoms with E-state index >= 15 is 0 Å². The zero-order valence-corrected chi connectivity index (χ0v) is 28.3. The van der Waals surface area contributed by atoms with Gasteiger partial charge in [-0.2, -0.15) is 9.97 Å². The van der Waals surface area contributed by atoms with Crippen molar-refractivity contribution in [2.45, 2.75) is 0 Å². The quantitative estimate of drug-likeness (QED) is 0.181. The van der Waals surface area contributed by atoms with Crippen molar-refractivity contribution < 1.29 is 4.42 Å². The Kier molecular flexibility index (Phi) is 6.42. The fraction of sp³-hybridized carbons (Fsp3) is 0. The Hall–Kier alpha value is -7.38. The Bertz CT molecular complexity index is 3130. The minimum Gasteiger partial charge on any atom is -0.434 e. The van der Waals surface area contributed by atoms with Gasteiger partial charge in [-0.05, 0) is 47.5 Å². The maximum atomic E-state index is 6.24. The van der Waals surface area contributed by atoms with Crippen molar-refractivity contribution in [3.63, 3.8) is 0 Å². The molecule has 0 aliphatic heterocycles. The molecular weight excluding hydrogens is 653 g/mol. The third-order valence-corrected chi connectivity index (χ3v) is 10.0. The van der Waals surface area contributed by atoms with Crippen molar-refractivity contribution in [2.24, 2.45) is 0 Å². The van der Waals surface area contributed by atoms with Gasteiger partial charge in [0.2, 0.25) is 11.8 Å². The van der Waals surface area contributed by atoms with E-state index < -0.39 is 0 Å². The van der Waals surface area contributed by atoms with Crippen molar-refractivity contribution >= 4 is 54.7 Å². The molecule has 0 unspecified atom stereocenters. The zero-order chi connectivity index (χ0) is 34.9. The molecule has 0 amide bonds. The molecule has 0 atom stereocenters. The van der Waals surface area contributed by atoms with Crippen molar-refractivity contribution in [2.75, 3.05) is 0 Å². The normalized spacial score (nSPS) is 11.8. The Morgan fingerprint density at radius 2 is 0.925 bits per heavy atom. The summed E-state index contributed by atoms with van der Waals surface area (Å²) < 4.78 is 10.8. The molecule has 0 N–H and O–H groups in total.